The molecule has 5 nitrogen and oxygen atoms in total. The molecule has 1 saturated heterocycles. The van der Waals surface area contributed by atoms with Crippen molar-refractivity contribution in [2.24, 2.45) is 5.73 Å². The van der Waals surface area contributed by atoms with Crippen LogP contribution in [0.2, 0.25) is 0 Å². The zero-order valence-corrected chi connectivity index (χ0v) is 13.3. The van der Waals surface area contributed by atoms with Crippen molar-refractivity contribution in [3.8, 4) is 0 Å². The number of halogens is 2. The molecular weight excluding hydrogens is 311 g/mol. The van der Waals surface area contributed by atoms with E-state index in [1.165, 1.54) is 0 Å². The number of aromatic nitrogens is 2. The van der Waals surface area contributed by atoms with Gasteiger partial charge < -0.3 is 15.0 Å². The van der Waals surface area contributed by atoms with Gasteiger partial charge in [-0.25, -0.2) is 4.98 Å². The van der Waals surface area contributed by atoms with Crippen LogP contribution >= 0.6 is 24.8 Å². The summed E-state index contributed by atoms with van der Waals surface area (Å²) in [6, 6.07) is 6.04. The summed E-state index contributed by atoms with van der Waals surface area (Å²) in [5.41, 5.74) is 7.40. The van der Waals surface area contributed by atoms with Crippen molar-refractivity contribution in [1.82, 2.24) is 14.3 Å². The Labute approximate surface area is 136 Å². The lowest BCUT2D eigenvalue weighted by atomic mass is 10.2. The first-order chi connectivity index (χ1) is 9.28. The molecule has 1 aliphatic heterocycles. The smallest absolute Gasteiger partial charge is 0.228 e. The second kappa shape index (κ2) is 7.64. The lowest BCUT2D eigenvalue weighted by Gasteiger charge is -2.23. The summed E-state index contributed by atoms with van der Waals surface area (Å²) in [6.07, 6.45) is 6.29. The minimum Gasteiger partial charge on any atom is -0.338 e. The summed E-state index contributed by atoms with van der Waals surface area (Å²) in [5.74, 6) is 0.136. The van der Waals surface area contributed by atoms with E-state index in [1.54, 1.807) is 0 Å². The van der Waals surface area contributed by atoms with Crippen molar-refractivity contribution in [3.05, 3.63) is 36.3 Å². The first-order valence-corrected chi connectivity index (χ1v) is 6.70. The van der Waals surface area contributed by atoms with Crippen molar-refractivity contribution in [2.75, 3.05) is 13.1 Å². The van der Waals surface area contributed by atoms with Crippen LogP contribution in [0.15, 0.2) is 30.6 Å². The van der Waals surface area contributed by atoms with Crippen molar-refractivity contribution in [3.63, 3.8) is 0 Å². The normalized spacial score (nSPS) is 17.4. The molecule has 0 saturated carbocycles. The fourth-order valence-corrected chi connectivity index (χ4v) is 2.74. The first-order valence-electron chi connectivity index (χ1n) is 6.70. The molecule has 1 atom stereocenters. The number of carbonyl (C=O) groups excluding carboxylic acids is 1. The molecule has 2 N–H and O–H groups in total. The van der Waals surface area contributed by atoms with Gasteiger partial charge in [-0.05, 0) is 25.0 Å². The number of hydrogen-bond acceptors (Lipinski definition) is 3. The summed E-state index contributed by atoms with van der Waals surface area (Å²) in [6.45, 7) is 1.38. The van der Waals surface area contributed by atoms with Crippen LogP contribution in [0.3, 0.4) is 0 Å². The van der Waals surface area contributed by atoms with Crippen LogP contribution in [0.25, 0.3) is 5.65 Å². The molecule has 3 heterocycles. The highest BCUT2D eigenvalue weighted by atomic mass is 35.5. The summed E-state index contributed by atoms with van der Waals surface area (Å²) in [7, 11) is 0. The van der Waals surface area contributed by atoms with Gasteiger partial charge in [0.15, 0.2) is 0 Å². The molecule has 1 amide bonds. The first kappa shape index (κ1) is 17.8. The van der Waals surface area contributed by atoms with E-state index in [0.717, 1.165) is 30.7 Å². The molecule has 1 fully saturated rings. The van der Waals surface area contributed by atoms with E-state index in [1.807, 2.05) is 39.9 Å². The number of nitrogens with two attached hydrogens (primary N) is 1. The Morgan fingerprint density at radius 1 is 1.38 bits per heavy atom. The van der Waals surface area contributed by atoms with Crippen LogP contribution in [-0.4, -0.2) is 39.3 Å². The summed E-state index contributed by atoms with van der Waals surface area (Å²) >= 11 is 0. The van der Waals surface area contributed by atoms with E-state index in [9.17, 15) is 4.79 Å². The van der Waals surface area contributed by atoms with Gasteiger partial charge in [-0.2, -0.15) is 0 Å². The molecule has 1 unspecified atom stereocenters. The predicted octanol–water partition coefficient (Wildman–Crippen LogP) is 1.67. The summed E-state index contributed by atoms with van der Waals surface area (Å²) in [4.78, 5) is 18.6. The zero-order valence-electron chi connectivity index (χ0n) is 11.6. The van der Waals surface area contributed by atoms with Crippen LogP contribution in [0.1, 0.15) is 18.5 Å². The number of hydrogen-bond donors (Lipinski definition) is 1. The maximum absolute atomic E-state index is 12.3. The Kier molecular flexibility index (Phi) is 6.45. The Bertz CT molecular complexity index is 568. The quantitative estimate of drug-likeness (QED) is 0.931. The molecule has 1 aliphatic rings. The largest absolute Gasteiger partial charge is 0.338 e. The average Bonchev–Trinajstić information content (AvgIpc) is 3.03. The molecule has 116 valence electrons. The number of nitrogens with zero attached hydrogens (tertiary/aromatic N) is 3. The van der Waals surface area contributed by atoms with Gasteiger partial charge in [0.1, 0.15) is 5.65 Å². The van der Waals surface area contributed by atoms with E-state index in [2.05, 4.69) is 4.98 Å². The van der Waals surface area contributed by atoms with Gasteiger partial charge in [-0.1, -0.05) is 6.07 Å². The Morgan fingerprint density at radius 2 is 2.19 bits per heavy atom. The SMILES string of the molecule is Cl.Cl.NCC1CCCN1C(=O)Cc1cn2ccccc2n1. The lowest BCUT2D eigenvalue weighted by molar-refractivity contribution is -0.131. The molecule has 0 aliphatic carbocycles. The van der Waals surface area contributed by atoms with Crippen LogP contribution in [-0.2, 0) is 11.2 Å². The highest BCUT2D eigenvalue weighted by Gasteiger charge is 2.27. The van der Waals surface area contributed by atoms with E-state index in [-0.39, 0.29) is 36.8 Å². The summed E-state index contributed by atoms with van der Waals surface area (Å²) in [5, 5.41) is 0. The van der Waals surface area contributed by atoms with E-state index >= 15 is 0 Å². The van der Waals surface area contributed by atoms with Crippen molar-refractivity contribution >= 4 is 36.4 Å². The molecule has 0 spiro atoms. The number of fused-ring (bicyclic) bond motifs is 1. The Hall–Kier alpha value is -1.30. The molecule has 0 aromatic carbocycles. The second-order valence-corrected chi connectivity index (χ2v) is 4.99. The molecule has 0 bridgehead atoms. The average molecular weight is 331 g/mol. The highest BCUT2D eigenvalue weighted by molar-refractivity contribution is 5.85. The third-order valence-electron chi connectivity index (χ3n) is 3.72. The number of pyridine rings is 1. The van der Waals surface area contributed by atoms with Gasteiger partial charge in [-0.3, -0.25) is 4.79 Å². The molecule has 2 aromatic heterocycles. The Morgan fingerprint density at radius 3 is 2.90 bits per heavy atom. The van der Waals surface area contributed by atoms with Gasteiger partial charge in [0.25, 0.3) is 0 Å². The van der Waals surface area contributed by atoms with Gasteiger partial charge in [0, 0.05) is 31.5 Å². The summed E-state index contributed by atoms with van der Waals surface area (Å²) < 4.78 is 1.94. The number of carbonyl (C=O) groups is 1. The maximum atomic E-state index is 12.3. The third kappa shape index (κ3) is 3.67. The lowest BCUT2D eigenvalue weighted by Crippen LogP contribution is -2.40. The number of rotatable bonds is 3. The van der Waals surface area contributed by atoms with Gasteiger partial charge in [-0.15, -0.1) is 24.8 Å². The maximum Gasteiger partial charge on any atom is 0.228 e. The second-order valence-electron chi connectivity index (χ2n) is 4.99. The fourth-order valence-electron chi connectivity index (χ4n) is 2.74. The predicted molar refractivity (Wildman–Crippen MR) is 87.2 cm³/mol. The number of imidazole rings is 1. The van der Waals surface area contributed by atoms with Crippen molar-refractivity contribution in [2.45, 2.75) is 25.3 Å². The van der Waals surface area contributed by atoms with Gasteiger partial charge in [0.2, 0.25) is 5.91 Å². The monoisotopic (exact) mass is 330 g/mol. The number of amides is 1. The van der Waals surface area contributed by atoms with Crippen LogP contribution in [0.5, 0.6) is 0 Å². The molecular formula is C14H20Cl2N4O. The van der Waals surface area contributed by atoms with Crippen molar-refractivity contribution in [1.29, 1.82) is 0 Å². The van der Waals surface area contributed by atoms with Crippen LogP contribution < -0.4 is 5.73 Å². The van der Waals surface area contributed by atoms with Gasteiger partial charge in [0.05, 0.1) is 12.1 Å². The molecule has 21 heavy (non-hydrogen) atoms. The third-order valence-corrected chi connectivity index (χ3v) is 3.72. The van der Waals surface area contributed by atoms with Crippen LogP contribution in [0, 0.1) is 0 Å². The van der Waals surface area contributed by atoms with E-state index < -0.39 is 0 Å². The van der Waals surface area contributed by atoms with E-state index in [0.29, 0.717) is 13.0 Å². The molecule has 2 aromatic rings. The minimum absolute atomic E-state index is 0. The molecule has 0 radical (unpaired) electrons. The van der Waals surface area contributed by atoms with Crippen molar-refractivity contribution < 1.29 is 4.79 Å². The minimum atomic E-state index is 0. The molecule has 7 heteroatoms. The fraction of sp³-hybridized carbons (Fsp3) is 0.429. The Balaban J connectivity index is 0.00000110. The molecule has 3 rings (SSSR count). The highest BCUT2D eigenvalue weighted by Crippen LogP contribution is 2.17. The zero-order chi connectivity index (χ0) is 13.2. The van der Waals surface area contributed by atoms with Gasteiger partial charge >= 0.3 is 0 Å². The van der Waals surface area contributed by atoms with E-state index in [4.69, 9.17) is 5.73 Å². The standard InChI is InChI=1S/C14H18N4O.2ClH/c15-9-12-4-3-7-18(12)14(19)8-11-10-17-6-2-1-5-13(17)16-11;;/h1-2,5-6,10,12H,3-4,7-9,15H2;2*1H. The topological polar surface area (TPSA) is 63.6 Å². The van der Waals surface area contributed by atoms with Crippen LogP contribution in [0.4, 0.5) is 0 Å². The number of likely N-dealkylation sites (tertiary alicyclic amines) is 1.